The fraction of sp³-hybridized carbons (Fsp3) is 0.115. The molecule has 0 radical (unpaired) electrons. The molecule has 2 nitrogen and oxygen atoms in total. The third-order valence-corrected chi connectivity index (χ3v) is 14.5. The van der Waals surface area contributed by atoms with Gasteiger partial charge in [0.2, 0.25) is 0 Å². The molecule has 0 saturated carbocycles. The van der Waals surface area contributed by atoms with Crippen LogP contribution in [0.4, 0.5) is 34.1 Å². The molecule has 0 N–H and O–H groups in total. The fourth-order valence-corrected chi connectivity index (χ4v) is 11.5. The van der Waals surface area contributed by atoms with Gasteiger partial charge in [-0.05, 0) is 181 Å². The largest absolute Gasteiger partial charge is 0.310 e. The third kappa shape index (κ3) is 5.31. The predicted octanol–water partition coefficient (Wildman–Crippen LogP) is 16.7. The highest BCUT2D eigenvalue weighted by Gasteiger charge is 2.37. The Morgan fingerprint density at radius 2 is 1.00 bits per heavy atom. The average Bonchev–Trinajstić information content (AvgIpc) is 3.53. The Morgan fingerprint density at radius 3 is 1.67 bits per heavy atom. The van der Waals surface area contributed by atoms with Gasteiger partial charge in [-0.25, -0.2) is 0 Å². The third-order valence-electron chi connectivity index (χ3n) is 14.5. The standard InChI is InChI=1S/C61H46N2/c1-37-9-5-15-45(33-37)62(55-31-23-43-19-17-39-11-7-13-41-21-27-51(55)59(43)57(39)41)47-25-29-49-50-30-26-48(36-54(50)61(3,4)53(49)35-47)63(46-16-6-10-38(2)34-46)56-32-24-44-20-18-40-12-8-14-42-22-28-52(56)60(44)58(40)42/h5-11,13-27,29-36H,12,28H2,1-4H3. The maximum absolute atomic E-state index is 2.52. The molecule has 0 bridgehead atoms. The zero-order chi connectivity index (χ0) is 42.1. The second-order valence-electron chi connectivity index (χ2n) is 18.6. The van der Waals surface area contributed by atoms with Crippen LogP contribution in [0.1, 0.15) is 52.8 Å². The van der Waals surface area contributed by atoms with E-state index < -0.39 is 0 Å². The number of allylic oxidation sites excluding steroid dienone is 4. The van der Waals surface area contributed by atoms with Gasteiger partial charge in [0.05, 0.1) is 11.4 Å². The van der Waals surface area contributed by atoms with Gasteiger partial charge in [0.15, 0.2) is 0 Å². The zero-order valence-corrected chi connectivity index (χ0v) is 36.1. The van der Waals surface area contributed by atoms with Crippen LogP contribution in [0, 0.1) is 13.8 Å². The summed E-state index contributed by atoms with van der Waals surface area (Å²) in [6, 6.07) is 62.2. The van der Waals surface area contributed by atoms with E-state index in [9.17, 15) is 0 Å². The Hall–Kier alpha value is -7.42. The van der Waals surface area contributed by atoms with Gasteiger partial charge >= 0.3 is 0 Å². The van der Waals surface area contributed by atoms with Crippen LogP contribution in [-0.2, 0) is 18.3 Å². The Morgan fingerprint density at radius 1 is 0.460 bits per heavy atom. The summed E-state index contributed by atoms with van der Waals surface area (Å²) in [7, 11) is 0. The highest BCUT2D eigenvalue weighted by Crippen LogP contribution is 2.54. The molecule has 0 spiro atoms. The molecular weight excluding hydrogens is 761 g/mol. The number of nitrogens with zero attached hydrogens (tertiary/aromatic N) is 2. The Balaban J connectivity index is 0.969. The first-order valence-electron chi connectivity index (χ1n) is 22.4. The van der Waals surface area contributed by atoms with E-state index in [1.165, 1.54) is 121 Å². The van der Waals surface area contributed by atoms with E-state index in [4.69, 9.17) is 0 Å². The monoisotopic (exact) mass is 806 g/mol. The summed E-state index contributed by atoms with van der Waals surface area (Å²) in [6.45, 7) is 9.23. The SMILES string of the molecule is Cc1cccc(N(c2ccc3c(c2)C(C)(C)c2cc(N(c4cccc(C)c4)c4ccc5ccc6cccc7ccc4c5c67)ccc2-3)c2ccc3ccc4c5c3c2CC=C5C=CC4)c1. The van der Waals surface area contributed by atoms with Gasteiger partial charge in [-0.15, -0.1) is 0 Å². The normalized spacial score (nSPS) is 14.4. The molecule has 3 aliphatic carbocycles. The molecule has 13 rings (SSSR count). The quantitative estimate of drug-likeness (QED) is 0.154. The molecule has 0 atom stereocenters. The van der Waals surface area contributed by atoms with Gasteiger partial charge < -0.3 is 9.80 Å². The minimum absolute atomic E-state index is 0.253. The summed E-state index contributed by atoms with van der Waals surface area (Å²) in [6.07, 6.45) is 8.97. The molecule has 300 valence electrons. The molecule has 0 aromatic heterocycles. The topological polar surface area (TPSA) is 6.48 Å². The first-order valence-corrected chi connectivity index (χ1v) is 22.4. The van der Waals surface area contributed by atoms with Crippen LogP contribution in [0.15, 0.2) is 182 Å². The number of anilines is 6. The lowest BCUT2D eigenvalue weighted by molar-refractivity contribution is 0.660. The summed E-state index contributed by atoms with van der Waals surface area (Å²) in [5.41, 5.74) is 20.3. The van der Waals surface area contributed by atoms with E-state index in [0.29, 0.717) is 0 Å². The molecular formula is C61H46N2. The summed E-state index contributed by atoms with van der Waals surface area (Å²) in [5, 5.41) is 10.5. The molecule has 2 heteroatoms. The lowest BCUT2D eigenvalue weighted by atomic mass is 9.81. The number of fused-ring (bicyclic) bond motifs is 3. The van der Waals surface area contributed by atoms with Crippen LogP contribution < -0.4 is 9.80 Å². The molecule has 63 heavy (non-hydrogen) atoms. The van der Waals surface area contributed by atoms with Crippen LogP contribution in [0.2, 0.25) is 0 Å². The van der Waals surface area contributed by atoms with Crippen molar-refractivity contribution in [1.29, 1.82) is 0 Å². The van der Waals surface area contributed by atoms with Crippen molar-refractivity contribution in [2.24, 2.45) is 0 Å². The lowest BCUT2D eigenvalue weighted by Crippen LogP contribution is -2.18. The van der Waals surface area contributed by atoms with Crippen LogP contribution >= 0.6 is 0 Å². The summed E-state index contributed by atoms with van der Waals surface area (Å²) in [5.74, 6) is 0. The van der Waals surface area contributed by atoms with E-state index in [-0.39, 0.29) is 5.41 Å². The Bertz CT molecular complexity index is 3620. The molecule has 0 saturated heterocycles. The first kappa shape index (κ1) is 36.3. The molecule has 10 aromatic rings. The number of hydrogen-bond acceptors (Lipinski definition) is 2. The van der Waals surface area contributed by atoms with E-state index in [2.05, 4.69) is 220 Å². The number of rotatable bonds is 6. The van der Waals surface area contributed by atoms with Crippen molar-refractivity contribution in [2.45, 2.75) is 46.0 Å². The first-order chi connectivity index (χ1) is 30.8. The second kappa shape index (κ2) is 13.3. The van der Waals surface area contributed by atoms with Gasteiger partial charge in [-0.2, -0.15) is 0 Å². The highest BCUT2D eigenvalue weighted by atomic mass is 15.2. The van der Waals surface area contributed by atoms with E-state index in [1.54, 1.807) is 0 Å². The van der Waals surface area contributed by atoms with Gasteiger partial charge in [0.25, 0.3) is 0 Å². The maximum atomic E-state index is 2.52. The number of hydrogen-bond donors (Lipinski definition) is 0. The molecule has 0 aliphatic heterocycles. The van der Waals surface area contributed by atoms with Crippen molar-refractivity contribution >= 4 is 82.8 Å². The fourth-order valence-electron chi connectivity index (χ4n) is 11.5. The predicted molar refractivity (Wildman–Crippen MR) is 269 cm³/mol. The Kier molecular flexibility index (Phi) is 7.65. The number of aryl methyl sites for hydroxylation is 2. The van der Waals surface area contributed by atoms with Crippen LogP contribution in [0.3, 0.4) is 0 Å². The van der Waals surface area contributed by atoms with E-state index in [1.807, 2.05) is 0 Å². The van der Waals surface area contributed by atoms with Crippen molar-refractivity contribution < 1.29 is 0 Å². The molecule has 0 unspecified atom stereocenters. The molecule has 0 heterocycles. The number of benzene rings is 10. The molecule has 10 aromatic carbocycles. The molecule has 0 amide bonds. The molecule has 0 fully saturated rings. The van der Waals surface area contributed by atoms with Gasteiger partial charge in [0, 0.05) is 33.6 Å². The van der Waals surface area contributed by atoms with Crippen molar-refractivity contribution in [3.05, 3.63) is 221 Å². The zero-order valence-electron chi connectivity index (χ0n) is 36.1. The lowest BCUT2D eigenvalue weighted by Gasteiger charge is -2.32. The van der Waals surface area contributed by atoms with Gasteiger partial charge in [0.1, 0.15) is 0 Å². The van der Waals surface area contributed by atoms with Crippen LogP contribution in [-0.4, -0.2) is 0 Å². The van der Waals surface area contributed by atoms with Crippen molar-refractivity contribution in [3.63, 3.8) is 0 Å². The summed E-state index contributed by atoms with van der Waals surface area (Å²) < 4.78 is 0. The van der Waals surface area contributed by atoms with Crippen molar-refractivity contribution in [1.82, 2.24) is 0 Å². The van der Waals surface area contributed by atoms with Crippen LogP contribution in [0.5, 0.6) is 0 Å². The van der Waals surface area contributed by atoms with Gasteiger partial charge in [-0.3, -0.25) is 0 Å². The second-order valence-corrected chi connectivity index (χ2v) is 18.6. The Labute approximate surface area is 369 Å². The molecule has 3 aliphatic rings. The summed E-state index contributed by atoms with van der Waals surface area (Å²) >= 11 is 0. The van der Waals surface area contributed by atoms with Crippen molar-refractivity contribution in [3.8, 4) is 11.1 Å². The average molecular weight is 807 g/mol. The van der Waals surface area contributed by atoms with Gasteiger partial charge in [-0.1, -0.05) is 135 Å². The van der Waals surface area contributed by atoms with E-state index >= 15 is 0 Å². The maximum Gasteiger partial charge on any atom is 0.0540 e. The minimum Gasteiger partial charge on any atom is -0.310 e. The summed E-state index contributed by atoms with van der Waals surface area (Å²) in [4.78, 5) is 5.01. The van der Waals surface area contributed by atoms with E-state index in [0.717, 1.165) is 24.2 Å². The highest BCUT2D eigenvalue weighted by molar-refractivity contribution is 6.25. The van der Waals surface area contributed by atoms with Crippen LogP contribution in [0.25, 0.3) is 59.8 Å². The minimum atomic E-state index is -0.253. The van der Waals surface area contributed by atoms with Crippen molar-refractivity contribution in [2.75, 3.05) is 9.80 Å². The smallest absolute Gasteiger partial charge is 0.0540 e.